The molecule has 8 nitrogen and oxygen atoms in total. The second kappa shape index (κ2) is 8.39. The summed E-state index contributed by atoms with van der Waals surface area (Å²) in [6.07, 6.45) is -1.57. The number of amides is 2. The Labute approximate surface area is 192 Å². The summed E-state index contributed by atoms with van der Waals surface area (Å²) in [4.78, 5) is 28.7. The van der Waals surface area contributed by atoms with Crippen molar-refractivity contribution in [2.75, 3.05) is 11.9 Å². The smallest absolute Gasteiger partial charge is 0.372 e. The molecule has 3 heterocycles. The monoisotopic (exact) mass is 473 g/mol. The van der Waals surface area contributed by atoms with Crippen LogP contribution in [0.3, 0.4) is 0 Å². The van der Waals surface area contributed by atoms with Gasteiger partial charge in [-0.05, 0) is 49.4 Å². The van der Waals surface area contributed by atoms with Crippen LogP contribution in [0.1, 0.15) is 53.5 Å². The van der Waals surface area contributed by atoms with Crippen molar-refractivity contribution in [2.24, 2.45) is 0 Å². The number of aromatic nitrogens is 3. The van der Waals surface area contributed by atoms with Crippen LogP contribution < -0.4 is 10.6 Å². The minimum absolute atomic E-state index is 0.00293. The molecule has 2 aliphatic rings. The molecule has 1 saturated heterocycles. The topological polar surface area (TPSA) is 109 Å². The molecule has 2 fully saturated rings. The van der Waals surface area contributed by atoms with Crippen molar-refractivity contribution in [3.8, 4) is 0 Å². The number of H-pyrrole nitrogens is 1. The van der Waals surface area contributed by atoms with E-state index in [-0.39, 0.29) is 42.7 Å². The van der Waals surface area contributed by atoms with Crippen molar-refractivity contribution < 1.29 is 27.5 Å². The molecular weight excluding hydrogens is 451 g/mol. The number of aromatic amines is 1. The molecule has 0 bridgehead atoms. The summed E-state index contributed by atoms with van der Waals surface area (Å²) in [7, 11) is 0. The number of anilines is 1. The summed E-state index contributed by atoms with van der Waals surface area (Å²) in [5.74, 6) is -1.28. The number of benzene rings is 1. The van der Waals surface area contributed by atoms with Gasteiger partial charge in [-0.1, -0.05) is 12.1 Å². The van der Waals surface area contributed by atoms with Gasteiger partial charge in [0.15, 0.2) is 0 Å². The van der Waals surface area contributed by atoms with Gasteiger partial charge in [-0.25, -0.2) is 0 Å². The first-order valence-electron chi connectivity index (χ1n) is 11.0. The van der Waals surface area contributed by atoms with E-state index in [0.29, 0.717) is 0 Å². The molecule has 1 aliphatic heterocycles. The predicted molar refractivity (Wildman–Crippen MR) is 116 cm³/mol. The van der Waals surface area contributed by atoms with Crippen molar-refractivity contribution in [3.05, 3.63) is 53.5 Å². The van der Waals surface area contributed by atoms with Crippen molar-refractivity contribution >= 4 is 28.4 Å². The number of hydrogen-bond donors (Lipinski definition) is 3. The Bertz CT molecular complexity index is 1250. The maximum absolute atomic E-state index is 13.1. The van der Waals surface area contributed by atoms with Crippen molar-refractivity contribution in [3.63, 3.8) is 0 Å². The number of nitrogens with zero attached hydrogens (tertiary/aromatic N) is 2. The third-order valence-electron chi connectivity index (χ3n) is 6.19. The van der Waals surface area contributed by atoms with Crippen LogP contribution in [0.5, 0.6) is 0 Å². The highest BCUT2D eigenvalue weighted by Crippen LogP contribution is 2.49. The van der Waals surface area contributed by atoms with Crippen LogP contribution in [0.2, 0.25) is 0 Å². The van der Waals surface area contributed by atoms with Gasteiger partial charge in [0.25, 0.3) is 5.91 Å². The lowest BCUT2D eigenvalue weighted by Gasteiger charge is -2.20. The summed E-state index contributed by atoms with van der Waals surface area (Å²) in [6, 6.07) is 8.29. The van der Waals surface area contributed by atoms with E-state index < -0.39 is 17.6 Å². The van der Waals surface area contributed by atoms with Gasteiger partial charge in [0.1, 0.15) is 11.2 Å². The Kier molecular flexibility index (Phi) is 5.51. The highest BCUT2D eigenvalue weighted by Gasteiger charge is 2.64. The molecule has 0 radical (unpaired) electrons. The van der Waals surface area contributed by atoms with E-state index in [1.807, 2.05) is 23.5 Å². The minimum Gasteiger partial charge on any atom is -0.372 e. The molecule has 3 N–H and O–H groups in total. The number of halogens is 3. The van der Waals surface area contributed by atoms with Gasteiger partial charge < -0.3 is 15.4 Å². The third-order valence-corrected chi connectivity index (χ3v) is 6.19. The number of alkyl halides is 3. The second-order valence-electron chi connectivity index (χ2n) is 8.68. The van der Waals surface area contributed by atoms with Crippen molar-refractivity contribution in [1.29, 1.82) is 0 Å². The lowest BCUT2D eigenvalue weighted by Crippen LogP contribution is -2.48. The van der Waals surface area contributed by atoms with Gasteiger partial charge in [0.2, 0.25) is 5.91 Å². The SMILES string of the molecule is O=C(Cc1ccc2c(C3CCCO3)[nH]nc2c1)Nc1ccnc(C(=O)NC2(C(F)(F)F)CC2)c1. The molecule has 2 amide bonds. The van der Waals surface area contributed by atoms with E-state index in [1.54, 1.807) is 0 Å². The standard InChI is InChI=1S/C23H22F3N5O3/c24-23(25,26)22(6-7-22)29-21(33)17-12-14(5-8-27-17)28-19(32)11-13-3-4-15-16(10-13)30-31-20(15)18-2-1-9-34-18/h3-5,8,10,12,18H,1-2,6-7,9,11H2,(H,29,33)(H,30,31)(H,27,28,32). The van der Waals surface area contributed by atoms with Gasteiger partial charge >= 0.3 is 6.18 Å². The van der Waals surface area contributed by atoms with E-state index in [2.05, 4.69) is 20.5 Å². The van der Waals surface area contributed by atoms with Crippen LogP contribution in [-0.2, 0) is 16.0 Å². The summed E-state index contributed by atoms with van der Waals surface area (Å²) in [5.41, 5.74) is 0.293. The van der Waals surface area contributed by atoms with Gasteiger partial charge in [-0.15, -0.1) is 0 Å². The highest BCUT2D eigenvalue weighted by molar-refractivity contribution is 5.97. The molecule has 2 aromatic heterocycles. The Morgan fingerprint density at radius 2 is 2.03 bits per heavy atom. The summed E-state index contributed by atoms with van der Waals surface area (Å²) in [5, 5.41) is 13.0. The van der Waals surface area contributed by atoms with E-state index in [4.69, 9.17) is 4.74 Å². The lowest BCUT2D eigenvalue weighted by molar-refractivity contribution is -0.163. The number of pyridine rings is 1. The minimum atomic E-state index is -4.52. The molecule has 1 saturated carbocycles. The van der Waals surface area contributed by atoms with Crippen LogP contribution in [0.4, 0.5) is 18.9 Å². The van der Waals surface area contributed by atoms with E-state index in [1.165, 1.54) is 18.3 Å². The fourth-order valence-electron chi connectivity index (χ4n) is 4.15. The first-order valence-corrected chi connectivity index (χ1v) is 11.0. The third kappa shape index (κ3) is 4.35. The molecule has 34 heavy (non-hydrogen) atoms. The molecule has 0 spiro atoms. The zero-order valence-electron chi connectivity index (χ0n) is 18.0. The molecule has 1 atom stereocenters. The second-order valence-corrected chi connectivity index (χ2v) is 8.68. The summed E-state index contributed by atoms with van der Waals surface area (Å²) < 4.78 is 45.0. The molecule has 3 aromatic rings. The lowest BCUT2D eigenvalue weighted by atomic mass is 10.1. The Balaban J connectivity index is 1.23. The molecular formula is C23H22F3N5O3. The molecule has 5 rings (SSSR count). The Morgan fingerprint density at radius 1 is 1.21 bits per heavy atom. The van der Waals surface area contributed by atoms with Gasteiger partial charge in [0.05, 0.1) is 23.7 Å². The number of carbonyl (C=O) groups excluding carboxylic acids is 2. The number of carbonyl (C=O) groups is 2. The van der Waals surface area contributed by atoms with E-state index in [0.717, 1.165) is 41.6 Å². The predicted octanol–water partition coefficient (Wildman–Crippen LogP) is 3.82. The maximum Gasteiger partial charge on any atom is 0.411 e. The number of ether oxygens (including phenoxy) is 1. The van der Waals surface area contributed by atoms with Gasteiger partial charge in [0, 0.05) is 23.9 Å². The van der Waals surface area contributed by atoms with Crippen LogP contribution >= 0.6 is 0 Å². The average Bonchev–Trinajstić information content (AvgIpc) is 3.19. The van der Waals surface area contributed by atoms with E-state index in [9.17, 15) is 22.8 Å². The van der Waals surface area contributed by atoms with E-state index >= 15 is 0 Å². The zero-order valence-corrected chi connectivity index (χ0v) is 18.0. The van der Waals surface area contributed by atoms with Crippen molar-refractivity contribution in [2.45, 2.75) is 49.9 Å². The fourth-order valence-corrected chi connectivity index (χ4v) is 4.15. The Hall–Kier alpha value is -3.47. The Morgan fingerprint density at radius 3 is 2.74 bits per heavy atom. The zero-order chi connectivity index (χ0) is 23.9. The summed E-state index contributed by atoms with van der Waals surface area (Å²) in [6.45, 7) is 0.727. The first-order chi connectivity index (χ1) is 16.2. The van der Waals surface area contributed by atoms with Crippen LogP contribution in [0, 0.1) is 0 Å². The molecule has 1 aromatic carbocycles. The molecule has 178 valence electrons. The molecule has 1 aliphatic carbocycles. The fraction of sp³-hybridized carbons (Fsp3) is 0.391. The number of nitrogens with one attached hydrogen (secondary N) is 3. The van der Waals surface area contributed by atoms with Crippen LogP contribution in [0.15, 0.2) is 36.5 Å². The van der Waals surface area contributed by atoms with Crippen LogP contribution in [0.25, 0.3) is 10.9 Å². The first kappa shape index (κ1) is 22.3. The number of fused-ring (bicyclic) bond motifs is 1. The normalized spacial score (nSPS) is 19.2. The van der Waals surface area contributed by atoms with Crippen LogP contribution in [-0.4, -0.2) is 45.3 Å². The van der Waals surface area contributed by atoms with Gasteiger partial charge in [-0.3, -0.25) is 19.7 Å². The maximum atomic E-state index is 13.1. The number of hydrogen-bond acceptors (Lipinski definition) is 5. The van der Waals surface area contributed by atoms with Crippen molar-refractivity contribution in [1.82, 2.24) is 20.5 Å². The quantitative estimate of drug-likeness (QED) is 0.505. The molecule has 11 heteroatoms. The number of rotatable bonds is 6. The largest absolute Gasteiger partial charge is 0.411 e. The average molecular weight is 473 g/mol. The molecule has 1 unspecified atom stereocenters. The summed E-state index contributed by atoms with van der Waals surface area (Å²) >= 11 is 0. The van der Waals surface area contributed by atoms with Gasteiger partial charge in [-0.2, -0.15) is 18.3 Å². The highest BCUT2D eigenvalue weighted by atomic mass is 19.4.